The van der Waals surface area contributed by atoms with Crippen LogP contribution in [0.25, 0.3) is 0 Å². The van der Waals surface area contributed by atoms with Crippen LogP contribution in [0.15, 0.2) is 12.1 Å². The fourth-order valence-electron chi connectivity index (χ4n) is 2.67. The first-order valence-electron chi connectivity index (χ1n) is 7.91. The second kappa shape index (κ2) is 7.80. The van der Waals surface area contributed by atoms with Crippen LogP contribution in [0.1, 0.15) is 5.56 Å². The number of carbonyl (C=O) groups excluding carboxylic acids is 1. The number of piperazine rings is 1. The van der Waals surface area contributed by atoms with Crippen molar-refractivity contribution < 1.29 is 17.9 Å². The Bertz CT molecular complexity index is 746. The number of anilines is 1. The van der Waals surface area contributed by atoms with E-state index in [1.807, 2.05) is 7.05 Å². The Morgan fingerprint density at radius 2 is 1.88 bits per heavy atom. The van der Waals surface area contributed by atoms with E-state index in [2.05, 4.69) is 4.90 Å². The van der Waals surface area contributed by atoms with Crippen LogP contribution in [0.5, 0.6) is 5.75 Å². The third-order valence-corrected chi connectivity index (χ3v) is 5.80. The van der Waals surface area contributed by atoms with Gasteiger partial charge in [-0.1, -0.05) is 11.6 Å². The summed E-state index contributed by atoms with van der Waals surface area (Å²) in [5, 5.41) is 0.472. The molecule has 140 valence electrons. The Kier molecular flexibility index (Phi) is 6.18. The number of ether oxygens (including phenoxy) is 1. The van der Waals surface area contributed by atoms with Crippen molar-refractivity contribution in [2.45, 2.75) is 6.92 Å². The Morgan fingerprint density at radius 1 is 1.28 bits per heavy atom. The highest BCUT2D eigenvalue weighted by atomic mass is 35.5. The zero-order chi connectivity index (χ0) is 18.8. The number of carbonyl (C=O) groups is 1. The predicted octanol–water partition coefficient (Wildman–Crippen LogP) is 1.20. The minimum absolute atomic E-state index is 0.229. The van der Waals surface area contributed by atoms with Crippen LogP contribution < -0.4 is 9.04 Å². The number of rotatable bonds is 5. The fraction of sp³-hybridized carbons (Fsp3) is 0.562. The van der Waals surface area contributed by atoms with E-state index < -0.39 is 10.0 Å². The van der Waals surface area contributed by atoms with E-state index in [0.29, 0.717) is 35.1 Å². The first kappa shape index (κ1) is 19.8. The molecule has 0 unspecified atom stereocenters. The molecule has 0 N–H and O–H groups in total. The summed E-state index contributed by atoms with van der Waals surface area (Å²) in [5.41, 5.74) is 1.02. The number of amides is 1. The van der Waals surface area contributed by atoms with Crippen LogP contribution in [0, 0.1) is 6.92 Å². The van der Waals surface area contributed by atoms with Crippen molar-refractivity contribution in [3.8, 4) is 5.75 Å². The van der Waals surface area contributed by atoms with Gasteiger partial charge in [-0.3, -0.25) is 9.10 Å². The minimum Gasteiger partial charge on any atom is -0.494 e. The summed E-state index contributed by atoms with van der Waals surface area (Å²) in [4.78, 5) is 16.4. The van der Waals surface area contributed by atoms with Crippen molar-refractivity contribution in [3.63, 3.8) is 0 Å². The Balaban J connectivity index is 2.32. The average Bonchev–Trinajstić information content (AvgIpc) is 2.54. The summed E-state index contributed by atoms with van der Waals surface area (Å²) < 4.78 is 31.0. The largest absolute Gasteiger partial charge is 0.494 e. The molecule has 1 aromatic rings. The Hall–Kier alpha value is -1.51. The van der Waals surface area contributed by atoms with Gasteiger partial charge in [0.15, 0.2) is 0 Å². The van der Waals surface area contributed by atoms with Crippen molar-refractivity contribution >= 4 is 33.2 Å². The number of benzene rings is 1. The lowest BCUT2D eigenvalue weighted by Crippen LogP contribution is -2.50. The van der Waals surface area contributed by atoms with Gasteiger partial charge in [-0.25, -0.2) is 8.42 Å². The smallest absolute Gasteiger partial charge is 0.243 e. The van der Waals surface area contributed by atoms with Gasteiger partial charge in [-0.15, -0.1) is 0 Å². The van der Waals surface area contributed by atoms with E-state index in [1.165, 1.54) is 7.11 Å². The van der Waals surface area contributed by atoms with Gasteiger partial charge in [-0.05, 0) is 25.6 Å². The topological polar surface area (TPSA) is 70.2 Å². The third-order valence-electron chi connectivity index (χ3n) is 4.26. The molecule has 0 atom stereocenters. The standard InChI is InChI=1S/C16H24ClN3O4S/c1-12-9-14(15(24-3)10-13(12)17)20(25(4,22)23)11-16(21)19-7-5-18(2)6-8-19/h9-10H,5-8,11H2,1-4H3. The number of halogens is 1. The molecule has 7 nitrogen and oxygen atoms in total. The van der Waals surface area contributed by atoms with E-state index in [-0.39, 0.29) is 12.5 Å². The lowest BCUT2D eigenvalue weighted by molar-refractivity contribution is -0.131. The van der Waals surface area contributed by atoms with Crippen molar-refractivity contribution in [2.24, 2.45) is 0 Å². The molecular formula is C16H24ClN3O4S. The number of hydrogen-bond donors (Lipinski definition) is 0. The molecule has 1 aliphatic rings. The molecule has 0 aliphatic carbocycles. The second-order valence-electron chi connectivity index (χ2n) is 6.23. The lowest BCUT2D eigenvalue weighted by atomic mass is 10.2. The molecule has 1 saturated heterocycles. The Labute approximate surface area is 154 Å². The minimum atomic E-state index is -3.67. The van der Waals surface area contributed by atoms with Gasteiger partial charge in [0.2, 0.25) is 15.9 Å². The first-order chi connectivity index (χ1) is 11.6. The third kappa shape index (κ3) is 4.77. The molecular weight excluding hydrogens is 366 g/mol. The monoisotopic (exact) mass is 389 g/mol. The molecule has 1 aliphatic heterocycles. The van der Waals surface area contributed by atoms with Crippen LogP contribution in [0.4, 0.5) is 5.69 Å². The maximum Gasteiger partial charge on any atom is 0.243 e. The van der Waals surface area contributed by atoms with Crippen molar-refractivity contribution in [3.05, 3.63) is 22.7 Å². The van der Waals surface area contributed by atoms with Gasteiger partial charge in [0.1, 0.15) is 12.3 Å². The number of methoxy groups -OCH3 is 1. The molecule has 0 bridgehead atoms. The quantitative estimate of drug-likeness (QED) is 0.756. The normalized spacial score (nSPS) is 16.0. The lowest BCUT2D eigenvalue weighted by Gasteiger charge is -2.34. The number of nitrogens with zero attached hydrogens (tertiary/aromatic N) is 3. The summed E-state index contributed by atoms with van der Waals surface area (Å²) in [5.74, 6) is 0.0837. The molecule has 9 heteroatoms. The molecule has 25 heavy (non-hydrogen) atoms. The number of aryl methyl sites for hydroxylation is 1. The molecule has 0 aromatic heterocycles. The molecule has 1 amide bonds. The summed E-state index contributed by atoms with van der Waals surface area (Å²) in [6.07, 6.45) is 1.08. The zero-order valence-corrected chi connectivity index (χ0v) is 16.5. The molecule has 2 rings (SSSR count). The summed E-state index contributed by atoms with van der Waals surface area (Å²) in [6.45, 7) is 4.23. The van der Waals surface area contributed by atoms with E-state index in [9.17, 15) is 13.2 Å². The van der Waals surface area contributed by atoms with Crippen molar-refractivity contribution in [2.75, 3.05) is 57.4 Å². The molecule has 1 heterocycles. The summed E-state index contributed by atoms with van der Waals surface area (Å²) >= 11 is 6.10. The maximum atomic E-state index is 12.6. The van der Waals surface area contributed by atoms with Gasteiger partial charge in [0.25, 0.3) is 0 Å². The van der Waals surface area contributed by atoms with Crippen molar-refractivity contribution in [1.29, 1.82) is 0 Å². The highest BCUT2D eigenvalue weighted by Gasteiger charge is 2.28. The highest BCUT2D eigenvalue weighted by Crippen LogP contribution is 2.35. The molecule has 1 aromatic carbocycles. The second-order valence-corrected chi connectivity index (χ2v) is 8.54. The van der Waals surface area contributed by atoms with Crippen LogP contribution in [-0.4, -0.2) is 77.3 Å². The number of sulfonamides is 1. The summed E-state index contributed by atoms with van der Waals surface area (Å²) in [7, 11) is -0.243. The highest BCUT2D eigenvalue weighted by molar-refractivity contribution is 7.92. The first-order valence-corrected chi connectivity index (χ1v) is 10.1. The van der Waals surface area contributed by atoms with Gasteiger partial charge in [0.05, 0.1) is 19.1 Å². The zero-order valence-electron chi connectivity index (χ0n) is 15.0. The van der Waals surface area contributed by atoms with E-state index in [4.69, 9.17) is 16.3 Å². The molecule has 0 radical (unpaired) electrons. The maximum absolute atomic E-state index is 12.6. The Morgan fingerprint density at radius 3 is 2.40 bits per heavy atom. The van der Waals surface area contributed by atoms with Gasteiger partial charge >= 0.3 is 0 Å². The summed E-state index contributed by atoms with van der Waals surface area (Å²) in [6, 6.07) is 3.18. The number of hydrogen-bond acceptors (Lipinski definition) is 5. The number of likely N-dealkylation sites (N-methyl/N-ethyl adjacent to an activating group) is 1. The van der Waals surface area contributed by atoms with E-state index >= 15 is 0 Å². The van der Waals surface area contributed by atoms with Crippen LogP contribution in [-0.2, 0) is 14.8 Å². The van der Waals surface area contributed by atoms with Crippen molar-refractivity contribution in [1.82, 2.24) is 9.80 Å². The average molecular weight is 390 g/mol. The molecule has 1 fully saturated rings. The van der Waals surface area contributed by atoms with Crippen LogP contribution in [0.3, 0.4) is 0 Å². The van der Waals surface area contributed by atoms with Crippen LogP contribution >= 0.6 is 11.6 Å². The van der Waals surface area contributed by atoms with Gasteiger partial charge < -0.3 is 14.5 Å². The van der Waals surface area contributed by atoms with E-state index in [0.717, 1.165) is 23.7 Å². The SMILES string of the molecule is COc1cc(Cl)c(C)cc1N(CC(=O)N1CCN(C)CC1)S(C)(=O)=O. The predicted molar refractivity (Wildman–Crippen MR) is 99.0 cm³/mol. The molecule has 0 saturated carbocycles. The van der Waals surface area contributed by atoms with Crippen LogP contribution in [0.2, 0.25) is 5.02 Å². The van der Waals surface area contributed by atoms with E-state index in [1.54, 1.807) is 24.0 Å². The fourth-order valence-corrected chi connectivity index (χ4v) is 3.66. The molecule has 0 spiro atoms. The van der Waals surface area contributed by atoms with Gasteiger partial charge in [0, 0.05) is 37.3 Å². The van der Waals surface area contributed by atoms with Gasteiger partial charge in [-0.2, -0.15) is 0 Å².